The number of aryl methyl sites for hydroxylation is 2. The van der Waals surface area contributed by atoms with Gasteiger partial charge in [-0.15, -0.1) is 10.2 Å². The monoisotopic (exact) mass is 266 g/mol. The molecule has 2 rings (SSSR count). The molecule has 0 fully saturated rings. The molecule has 2 heterocycles. The minimum Gasteiger partial charge on any atom is -0.335 e. The number of rotatable bonds is 6. The SMILES string of the molecule is CCn1ccnc1CSc1nnc(C)n1CCN. The van der Waals surface area contributed by atoms with E-state index in [1.165, 1.54) is 0 Å². The molecule has 0 amide bonds. The van der Waals surface area contributed by atoms with Crippen LogP contribution in [-0.2, 0) is 18.8 Å². The third-order valence-corrected chi connectivity index (χ3v) is 3.69. The Balaban J connectivity index is 2.06. The zero-order valence-corrected chi connectivity index (χ0v) is 11.5. The van der Waals surface area contributed by atoms with Crippen LogP contribution in [0.15, 0.2) is 17.6 Å². The summed E-state index contributed by atoms with van der Waals surface area (Å²) in [6.45, 7) is 6.33. The number of hydrogen-bond acceptors (Lipinski definition) is 5. The van der Waals surface area contributed by atoms with Gasteiger partial charge in [0, 0.05) is 32.0 Å². The summed E-state index contributed by atoms with van der Waals surface area (Å²) in [4.78, 5) is 4.34. The van der Waals surface area contributed by atoms with E-state index < -0.39 is 0 Å². The Morgan fingerprint density at radius 3 is 2.94 bits per heavy atom. The van der Waals surface area contributed by atoms with Crippen LogP contribution in [0.1, 0.15) is 18.6 Å². The summed E-state index contributed by atoms with van der Waals surface area (Å²) >= 11 is 1.65. The normalized spacial score (nSPS) is 11.1. The predicted octanol–water partition coefficient (Wildman–Crippen LogP) is 1.05. The Hall–Kier alpha value is -1.34. The maximum absolute atomic E-state index is 5.59. The molecule has 2 aromatic rings. The summed E-state index contributed by atoms with van der Waals surface area (Å²) in [7, 11) is 0. The van der Waals surface area contributed by atoms with Gasteiger partial charge in [-0.2, -0.15) is 0 Å². The number of imidazole rings is 1. The molecule has 0 unspecified atom stereocenters. The third kappa shape index (κ3) is 2.73. The van der Waals surface area contributed by atoms with Crippen LogP contribution in [0.4, 0.5) is 0 Å². The maximum Gasteiger partial charge on any atom is 0.191 e. The third-order valence-electron chi connectivity index (χ3n) is 2.73. The smallest absolute Gasteiger partial charge is 0.191 e. The minimum absolute atomic E-state index is 0.593. The van der Waals surface area contributed by atoms with Crippen molar-refractivity contribution in [3.63, 3.8) is 0 Å². The van der Waals surface area contributed by atoms with E-state index in [-0.39, 0.29) is 0 Å². The molecule has 0 saturated carbocycles. The van der Waals surface area contributed by atoms with Crippen LogP contribution in [-0.4, -0.2) is 30.9 Å². The fourth-order valence-corrected chi connectivity index (χ4v) is 2.73. The van der Waals surface area contributed by atoms with E-state index in [1.807, 2.05) is 23.9 Å². The molecule has 98 valence electrons. The Morgan fingerprint density at radius 1 is 1.39 bits per heavy atom. The van der Waals surface area contributed by atoms with Gasteiger partial charge in [-0.3, -0.25) is 0 Å². The first-order chi connectivity index (χ1) is 8.76. The van der Waals surface area contributed by atoms with Crippen molar-refractivity contribution in [2.75, 3.05) is 6.54 Å². The standard InChI is InChI=1S/C11H18N6S/c1-3-16-7-5-13-10(16)8-18-11-15-14-9(2)17(11)6-4-12/h5,7H,3-4,6,8,12H2,1-2H3. The second-order valence-electron chi connectivity index (χ2n) is 3.89. The van der Waals surface area contributed by atoms with Crippen LogP contribution >= 0.6 is 11.8 Å². The molecular formula is C11H18N6S. The maximum atomic E-state index is 5.59. The zero-order chi connectivity index (χ0) is 13.0. The van der Waals surface area contributed by atoms with Gasteiger partial charge in [0.2, 0.25) is 0 Å². The van der Waals surface area contributed by atoms with Gasteiger partial charge in [-0.25, -0.2) is 4.98 Å². The quantitative estimate of drug-likeness (QED) is 0.791. The van der Waals surface area contributed by atoms with E-state index in [0.717, 1.165) is 35.6 Å². The highest BCUT2D eigenvalue weighted by Crippen LogP contribution is 2.20. The summed E-state index contributed by atoms with van der Waals surface area (Å²) < 4.78 is 4.17. The first-order valence-electron chi connectivity index (χ1n) is 5.99. The van der Waals surface area contributed by atoms with Gasteiger partial charge in [-0.05, 0) is 13.8 Å². The van der Waals surface area contributed by atoms with Crippen LogP contribution in [0.2, 0.25) is 0 Å². The lowest BCUT2D eigenvalue weighted by molar-refractivity contribution is 0.627. The molecule has 2 aromatic heterocycles. The lowest BCUT2D eigenvalue weighted by atomic mass is 10.6. The van der Waals surface area contributed by atoms with Crippen molar-refractivity contribution in [1.29, 1.82) is 0 Å². The van der Waals surface area contributed by atoms with E-state index >= 15 is 0 Å². The average molecular weight is 266 g/mol. The average Bonchev–Trinajstić information content (AvgIpc) is 2.96. The molecule has 0 spiro atoms. The van der Waals surface area contributed by atoms with Gasteiger partial charge in [0.05, 0.1) is 5.75 Å². The van der Waals surface area contributed by atoms with Crippen molar-refractivity contribution in [2.24, 2.45) is 5.73 Å². The van der Waals surface area contributed by atoms with E-state index in [0.29, 0.717) is 6.54 Å². The molecule has 2 N–H and O–H groups in total. The number of thioether (sulfide) groups is 1. The second kappa shape index (κ2) is 6.01. The Morgan fingerprint density at radius 2 is 2.22 bits per heavy atom. The largest absolute Gasteiger partial charge is 0.335 e. The molecule has 6 nitrogen and oxygen atoms in total. The minimum atomic E-state index is 0.593. The van der Waals surface area contributed by atoms with Crippen molar-refractivity contribution < 1.29 is 0 Å². The number of nitrogens with zero attached hydrogens (tertiary/aromatic N) is 5. The molecule has 0 aromatic carbocycles. The van der Waals surface area contributed by atoms with Crippen LogP contribution in [0, 0.1) is 6.92 Å². The first kappa shape index (κ1) is 13.1. The lowest BCUT2D eigenvalue weighted by Crippen LogP contribution is -2.12. The van der Waals surface area contributed by atoms with Gasteiger partial charge in [-0.1, -0.05) is 11.8 Å². The highest BCUT2D eigenvalue weighted by Gasteiger charge is 2.10. The molecule has 0 bridgehead atoms. The van der Waals surface area contributed by atoms with Crippen molar-refractivity contribution in [3.05, 3.63) is 24.0 Å². The Kier molecular flexibility index (Phi) is 4.38. The van der Waals surface area contributed by atoms with Crippen LogP contribution < -0.4 is 5.73 Å². The van der Waals surface area contributed by atoms with Crippen LogP contribution in [0.25, 0.3) is 0 Å². The first-order valence-corrected chi connectivity index (χ1v) is 6.97. The van der Waals surface area contributed by atoms with Crippen molar-refractivity contribution in [1.82, 2.24) is 24.3 Å². The predicted molar refractivity (Wildman–Crippen MR) is 71.3 cm³/mol. The van der Waals surface area contributed by atoms with Crippen molar-refractivity contribution >= 4 is 11.8 Å². The summed E-state index contributed by atoms with van der Waals surface area (Å²) in [5.74, 6) is 2.76. The van der Waals surface area contributed by atoms with Gasteiger partial charge >= 0.3 is 0 Å². The summed E-state index contributed by atoms with van der Waals surface area (Å²) in [6, 6.07) is 0. The number of aromatic nitrogens is 5. The van der Waals surface area contributed by atoms with Gasteiger partial charge in [0.25, 0.3) is 0 Å². The second-order valence-corrected chi connectivity index (χ2v) is 4.83. The van der Waals surface area contributed by atoms with Gasteiger partial charge in [0.1, 0.15) is 11.6 Å². The summed E-state index contributed by atoms with van der Waals surface area (Å²) in [6.07, 6.45) is 3.82. The fraction of sp³-hybridized carbons (Fsp3) is 0.545. The van der Waals surface area contributed by atoms with Gasteiger partial charge < -0.3 is 14.9 Å². The van der Waals surface area contributed by atoms with Crippen molar-refractivity contribution in [3.8, 4) is 0 Å². The molecule has 0 aliphatic rings. The Labute approximate surface area is 111 Å². The molecule has 18 heavy (non-hydrogen) atoms. The molecule has 0 atom stereocenters. The summed E-state index contributed by atoms with van der Waals surface area (Å²) in [5, 5.41) is 9.17. The number of nitrogens with two attached hydrogens (primary N) is 1. The molecule has 7 heteroatoms. The van der Waals surface area contributed by atoms with E-state index in [9.17, 15) is 0 Å². The topological polar surface area (TPSA) is 74.5 Å². The van der Waals surface area contributed by atoms with Gasteiger partial charge in [0.15, 0.2) is 5.16 Å². The zero-order valence-electron chi connectivity index (χ0n) is 10.7. The highest BCUT2D eigenvalue weighted by atomic mass is 32.2. The fourth-order valence-electron chi connectivity index (χ4n) is 1.75. The van der Waals surface area contributed by atoms with E-state index in [4.69, 9.17) is 5.73 Å². The molecule has 0 aliphatic heterocycles. The van der Waals surface area contributed by atoms with Crippen LogP contribution in [0.3, 0.4) is 0 Å². The number of hydrogen-bond donors (Lipinski definition) is 1. The molecular weight excluding hydrogens is 248 g/mol. The van der Waals surface area contributed by atoms with Crippen LogP contribution in [0.5, 0.6) is 0 Å². The van der Waals surface area contributed by atoms with E-state index in [2.05, 4.69) is 26.7 Å². The summed E-state index contributed by atoms with van der Waals surface area (Å²) in [5.41, 5.74) is 5.59. The Bertz CT molecular complexity index is 503. The van der Waals surface area contributed by atoms with Crippen molar-refractivity contribution in [2.45, 2.75) is 37.8 Å². The highest BCUT2D eigenvalue weighted by molar-refractivity contribution is 7.98. The lowest BCUT2D eigenvalue weighted by Gasteiger charge is -2.07. The molecule has 0 aliphatic carbocycles. The molecule has 0 radical (unpaired) electrons. The molecule has 0 saturated heterocycles. The van der Waals surface area contributed by atoms with E-state index in [1.54, 1.807) is 11.8 Å².